The Hall–Kier alpha value is -1.03. The summed E-state index contributed by atoms with van der Waals surface area (Å²) in [5.41, 5.74) is 5.92. The third-order valence-corrected chi connectivity index (χ3v) is 4.98. The van der Waals surface area contributed by atoms with Gasteiger partial charge in [0.25, 0.3) is 0 Å². The highest BCUT2D eigenvalue weighted by molar-refractivity contribution is 7.09. The number of thiophene rings is 1. The topological polar surface area (TPSA) is 50.4 Å². The molecule has 3 N–H and O–H groups in total. The predicted molar refractivity (Wildman–Crippen MR) is 83.6 cm³/mol. The van der Waals surface area contributed by atoms with E-state index in [9.17, 15) is 0 Å². The van der Waals surface area contributed by atoms with Crippen molar-refractivity contribution in [3.05, 3.63) is 22.4 Å². The molecule has 1 aliphatic rings. The van der Waals surface area contributed by atoms with Crippen molar-refractivity contribution in [3.63, 3.8) is 0 Å². The van der Waals surface area contributed by atoms with E-state index >= 15 is 0 Å². The summed E-state index contributed by atoms with van der Waals surface area (Å²) in [4.78, 5) is 5.89. The quantitative estimate of drug-likeness (QED) is 0.643. The monoisotopic (exact) mass is 279 g/mol. The van der Waals surface area contributed by atoms with Gasteiger partial charge >= 0.3 is 0 Å². The molecule has 1 heterocycles. The van der Waals surface area contributed by atoms with E-state index in [2.05, 4.69) is 34.7 Å². The van der Waals surface area contributed by atoms with Crippen LogP contribution in [0.3, 0.4) is 0 Å². The predicted octanol–water partition coefficient (Wildman–Crippen LogP) is 3.02. The molecule has 2 unspecified atom stereocenters. The molecule has 0 bridgehead atoms. The molecule has 0 aromatic carbocycles. The maximum atomic E-state index is 5.92. The first-order valence-electron chi connectivity index (χ1n) is 7.32. The van der Waals surface area contributed by atoms with E-state index in [0.29, 0.717) is 5.96 Å². The SMILES string of the molecule is CC1CCCCC1CN=C(N)NCCc1cccs1. The first-order chi connectivity index (χ1) is 9.25. The molecule has 0 aliphatic heterocycles. The lowest BCUT2D eigenvalue weighted by Gasteiger charge is -2.27. The standard InChI is InChI=1S/C15H25N3S/c1-12-5-2-3-6-13(12)11-18-15(16)17-9-8-14-7-4-10-19-14/h4,7,10,12-13H,2-3,5-6,8-9,11H2,1H3,(H3,16,17,18). The van der Waals surface area contributed by atoms with Gasteiger partial charge in [0, 0.05) is 18.0 Å². The van der Waals surface area contributed by atoms with Gasteiger partial charge in [-0.2, -0.15) is 0 Å². The summed E-state index contributed by atoms with van der Waals surface area (Å²) < 4.78 is 0. The van der Waals surface area contributed by atoms with Crippen LogP contribution in [0.5, 0.6) is 0 Å². The van der Waals surface area contributed by atoms with Crippen LogP contribution < -0.4 is 11.1 Å². The molecule has 19 heavy (non-hydrogen) atoms. The zero-order valence-electron chi connectivity index (χ0n) is 11.8. The van der Waals surface area contributed by atoms with E-state index in [-0.39, 0.29) is 0 Å². The van der Waals surface area contributed by atoms with Gasteiger partial charge in [0.05, 0.1) is 0 Å². The minimum atomic E-state index is 0.606. The second-order valence-corrected chi connectivity index (χ2v) is 6.54. The molecule has 1 aliphatic carbocycles. The molecule has 0 radical (unpaired) electrons. The highest BCUT2D eigenvalue weighted by Gasteiger charge is 2.20. The summed E-state index contributed by atoms with van der Waals surface area (Å²) in [5.74, 6) is 2.14. The maximum absolute atomic E-state index is 5.92. The highest BCUT2D eigenvalue weighted by atomic mass is 32.1. The van der Waals surface area contributed by atoms with Gasteiger partial charge in [-0.05, 0) is 36.1 Å². The Morgan fingerprint density at radius 3 is 3.05 bits per heavy atom. The summed E-state index contributed by atoms with van der Waals surface area (Å²) in [5, 5.41) is 5.32. The summed E-state index contributed by atoms with van der Waals surface area (Å²) >= 11 is 1.79. The molecule has 4 heteroatoms. The molecule has 0 saturated heterocycles. The first kappa shape index (κ1) is 14.4. The molecule has 1 fully saturated rings. The van der Waals surface area contributed by atoms with E-state index in [4.69, 9.17) is 5.73 Å². The lowest BCUT2D eigenvalue weighted by Crippen LogP contribution is -2.34. The number of nitrogens with two attached hydrogens (primary N) is 1. The van der Waals surface area contributed by atoms with Crippen molar-refractivity contribution in [1.82, 2.24) is 5.32 Å². The van der Waals surface area contributed by atoms with Crippen LogP contribution in [0.25, 0.3) is 0 Å². The van der Waals surface area contributed by atoms with Gasteiger partial charge in [0.1, 0.15) is 0 Å². The number of hydrogen-bond acceptors (Lipinski definition) is 2. The van der Waals surface area contributed by atoms with Gasteiger partial charge in [0.15, 0.2) is 5.96 Å². The zero-order valence-corrected chi connectivity index (χ0v) is 12.6. The number of nitrogens with one attached hydrogen (secondary N) is 1. The van der Waals surface area contributed by atoms with Crippen LogP contribution >= 0.6 is 11.3 Å². The fraction of sp³-hybridized carbons (Fsp3) is 0.667. The molecule has 2 rings (SSSR count). The van der Waals surface area contributed by atoms with E-state index in [1.165, 1.54) is 30.6 Å². The van der Waals surface area contributed by atoms with Gasteiger partial charge in [-0.15, -0.1) is 11.3 Å². The highest BCUT2D eigenvalue weighted by Crippen LogP contribution is 2.29. The molecule has 0 spiro atoms. The summed E-state index contributed by atoms with van der Waals surface area (Å²) in [6.07, 6.45) is 6.43. The van der Waals surface area contributed by atoms with Gasteiger partial charge in [0.2, 0.25) is 0 Å². The Kier molecular flexibility index (Phi) is 5.70. The molecule has 1 aromatic rings. The minimum absolute atomic E-state index is 0.606. The molecule has 106 valence electrons. The van der Waals surface area contributed by atoms with E-state index < -0.39 is 0 Å². The van der Waals surface area contributed by atoms with Crippen LogP contribution in [-0.2, 0) is 6.42 Å². The summed E-state index contributed by atoms with van der Waals surface area (Å²) in [6, 6.07) is 4.24. The van der Waals surface area contributed by atoms with Crippen LogP contribution in [0.1, 0.15) is 37.5 Å². The van der Waals surface area contributed by atoms with Crippen molar-refractivity contribution < 1.29 is 0 Å². The average Bonchev–Trinajstić information content (AvgIpc) is 2.91. The number of aliphatic imine (C=N–C) groups is 1. The molecule has 0 amide bonds. The summed E-state index contributed by atoms with van der Waals surface area (Å²) in [6.45, 7) is 4.11. The van der Waals surface area contributed by atoms with Crippen molar-refractivity contribution in [3.8, 4) is 0 Å². The van der Waals surface area contributed by atoms with Crippen LogP contribution in [-0.4, -0.2) is 19.0 Å². The lowest BCUT2D eigenvalue weighted by molar-refractivity contribution is 0.263. The Labute approximate surface area is 120 Å². The smallest absolute Gasteiger partial charge is 0.188 e. The van der Waals surface area contributed by atoms with Gasteiger partial charge < -0.3 is 11.1 Å². The Morgan fingerprint density at radius 2 is 2.32 bits per heavy atom. The Bertz CT molecular complexity index is 386. The molecular weight excluding hydrogens is 254 g/mol. The maximum Gasteiger partial charge on any atom is 0.188 e. The van der Waals surface area contributed by atoms with Gasteiger partial charge in [-0.3, -0.25) is 4.99 Å². The number of nitrogens with zero attached hydrogens (tertiary/aromatic N) is 1. The molecule has 1 saturated carbocycles. The number of hydrogen-bond donors (Lipinski definition) is 2. The zero-order chi connectivity index (χ0) is 13.5. The Balaban J connectivity index is 1.67. The van der Waals surface area contributed by atoms with Crippen molar-refractivity contribution in [1.29, 1.82) is 0 Å². The first-order valence-corrected chi connectivity index (χ1v) is 8.20. The number of rotatable bonds is 5. The van der Waals surface area contributed by atoms with Gasteiger partial charge in [-0.1, -0.05) is 32.3 Å². The van der Waals surface area contributed by atoms with Crippen LogP contribution in [0.15, 0.2) is 22.5 Å². The third-order valence-electron chi connectivity index (χ3n) is 4.04. The lowest BCUT2D eigenvalue weighted by atomic mass is 9.80. The molecule has 1 aromatic heterocycles. The second kappa shape index (κ2) is 7.53. The molecular formula is C15H25N3S. The molecule has 2 atom stereocenters. The van der Waals surface area contributed by atoms with Crippen LogP contribution in [0.4, 0.5) is 0 Å². The minimum Gasteiger partial charge on any atom is -0.370 e. The number of guanidine groups is 1. The van der Waals surface area contributed by atoms with E-state index in [1.54, 1.807) is 11.3 Å². The largest absolute Gasteiger partial charge is 0.370 e. The van der Waals surface area contributed by atoms with Crippen molar-refractivity contribution in [2.75, 3.05) is 13.1 Å². The van der Waals surface area contributed by atoms with Crippen LogP contribution in [0, 0.1) is 11.8 Å². The third kappa shape index (κ3) is 4.86. The van der Waals surface area contributed by atoms with Crippen molar-refractivity contribution in [2.24, 2.45) is 22.6 Å². The summed E-state index contributed by atoms with van der Waals surface area (Å²) in [7, 11) is 0. The van der Waals surface area contributed by atoms with Crippen molar-refractivity contribution >= 4 is 17.3 Å². The average molecular weight is 279 g/mol. The normalized spacial score (nSPS) is 24.4. The van der Waals surface area contributed by atoms with Gasteiger partial charge in [-0.25, -0.2) is 0 Å². The molecule has 3 nitrogen and oxygen atoms in total. The van der Waals surface area contributed by atoms with E-state index in [0.717, 1.165) is 31.3 Å². The Morgan fingerprint density at radius 1 is 1.47 bits per heavy atom. The van der Waals surface area contributed by atoms with Crippen molar-refractivity contribution in [2.45, 2.75) is 39.0 Å². The fourth-order valence-corrected chi connectivity index (χ4v) is 3.41. The van der Waals surface area contributed by atoms with E-state index in [1.807, 2.05) is 0 Å². The van der Waals surface area contributed by atoms with Crippen LogP contribution in [0.2, 0.25) is 0 Å². The second-order valence-electron chi connectivity index (χ2n) is 5.50. The fourth-order valence-electron chi connectivity index (χ4n) is 2.70.